The van der Waals surface area contributed by atoms with Crippen molar-refractivity contribution in [3.63, 3.8) is 0 Å². The SMILES string of the molecule is NCc1ccc(N(Cc2ccco2)C2CC2)c(F)c1Br. The molecule has 1 aliphatic rings. The summed E-state index contributed by atoms with van der Waals surface area (Å²) >= 11 is 3.30. The van der Waals surface area contributed by atoms with Crippen LogP contribution in [0.25, 0.3) is 0 Å². The highest BCUT2D eigenvalue weighted by molar-refractivity contribution is 9.10. The van der Waals surface area contributed by atoms with Crippen LogP contribution in [0.1, 0.15) is 24.2 Å². The topological polar surface area (TPSA) is 42.4 Å². The molecule has 1 aromatic carbocycles. The van der Waals surface area contributed by atoms with E-state index in [1.54, 1.807) is 6.26 Å². The van der Waals surface area contributed by atoms with Gasteiger partial charge in [-0.05, 0) is 52.5 Å². The summed E-state index contributed by atoms with van der Waals surface area (Å²) in [6, 6.07) is 7.84. The van der Waals surface area contributed by atoms with Gasteiger partial charge < -0.3 is 15.1 Å². The molecule has 2 aromatic rings. The van der Waals surface area contributed by atoms with Crippen molar-refractivity contribution in [3.05, 3.63) is 52.1 Å². The quantitative estimate of drug-likeness (QED) is 0.901. The number of rotatable bonds is 5. The summed E-state index contributed by atoms with van der Waals surface area (Å²) in [6.07, 6.45) is 3.83. The van der Waals surface area contributed by atoms with E-state index in [1.807, 2.05) is 24.3 Å². The van der Waals surface area contributed by atoms with Crippen molar-refractivity contribution >= 4 is 21.6 Å². The monoisotopic (exact) mass is 338 g/mol. The lowest BCUT2D eigenvalue weighted by Gasteiger charge is -2.25. The van der Waals surface area contributed by atoms with Crippen molar-refractivity contribution in [2.75, 3.05) is 4.90 Å². The molecule has 0 spiro atoms. The third kappa shape index (κ3) is 2.60. The Morgan fingerprint density at radius 3 is 2.75 bits per heavy atom. The predicted molar refractivity (Wildman–Crippen MR) is 79.9 cm³/mol. The highest BCUT2D eigenvalue weighted by atomic mass is 79.9. The van der Waals surface area contributed by atoms with Crippen molar-refractivity contribution in [3.8, 4) is 0 Å². The number of benzene rings is 1. The molecule has 0 bridgehead atoms. The van der Waals surface area contributed by atoms with E-state index in [0.717, 1.165) is 24.2 Å². The maximum Gasteiger partial charge on any atom is 0.160 e. The lowest BCUT2D eigenvalue weighted by atomic mass is 10.1. The smallest absolute Gasteiger partial charge is 0.160 e. The molecule has 5 heteroatoms. The van der Waals surface area contributed by atoms with Gasteiger partial charge in [-0.1, -0.05) is 6.07 Å². The fraction of sp³-hybridized carbons (Fsp3) is 0.333. The maximum atomic E-state index is 14.5. The average molecular weight is 339 g/mol. The van der Waals surface area contributed by atoms with Gasteiger partial charge in [0.15, 0.2) is 5.82 Å². The Labute approximate surface area is 125 Å². The van der Waals surface area contributed by atoms with E-state index in [2.05, 4.69) is 20.8 Å². The summed E-state index contributed by atoms with van der Waals surface area (Å²) in [4.78, 5) is 2.07. The molecule has 0 aliphatic heterocycles. The van der Waals surface area contributed by atoms with Gasteiger partial charge in [0.25, 0.3) is 0 Å². The average Bonchev–Trinajstić information content (AvgIpc) is 3.17. The van der Waals surface area contributed by atoms with Gasteiger partial charge in [0.1, 0.15) is 5.76 Å². The number of nitrogens with zero attached hydrogens (tertiary/aromatic N) is 1. The van der Waals surface area contributed by atoms with Crippen LogP contribution >= 0.6 is 15.9 Å². The largest absolute Gasteiger partial charge is 0.467 e. The summed E-state index contributed by atoms with van der Waals surface area (Å²) in [7, 11) is 0. The minimum absolute atomic E-state index is 0.244. The Balaban J connectivity index is 1.93. The van der Waals surface area contributed by atoms with Gasteiger partial charge >= 0.3 is 0 Å². The van der Waals surface area contributed by atoms with Crippen LogP contribution in [0, 0.1) is 5.82 Å². The standard InChI is InChI=1S/C15H16BrFN2O/c16-14-10(8-18)3-6-13(15(14)17)19(11-4-5-11)9-12-2-1-7-20-12/h1-3,6-7,11H,4-5,8-9,18H2. The molecule has 3 nitrogen and oxygen atoms in total. The Morgan fingerprint density at radius 1 is 1.35 bits per heavy atom. The van der Waals surface area contributed by atoms with Crippen molar-refractivity contribution in [2.24, 2.45) is 5.73 Å². The molecule has 1 heterocycles. The summed E-state index contributed by atoms with van der Waals surface area (Å²) in [5.74, 6) is 0.599. The Hall–Kier alpha value is -1.33. The maximum absolute atomic E-state index is 14.5. The van der Waals surface area contributed by atoms with E-state index >= 15 is 0 Å². The van der Waals surface area contributed by atoms with Crippen LogP contribution in [0.4, 0.5) is 10.1 Å². The molecule has 1 aliphatic carbocycles. The highest BCUT2D eigenvalue weighted by Gasteiger charge is 2.32. The summed E-state index contributed by atoms with van der Waals surface area (Å²) in [5, 5.41) is 0. The van der Waals surface area contributed by atoms with Crippen LogP contribution in [0.5, 0.6) is 0 Å². The van der Waals surface area contributed by atoms with E-state index in [0.29, 0.717) is 29.3 Å². The van der Waals surface area contributed by atoms with Crippen LogP contribution in [0.2, 0.25) is 0 Å². The molecule has 20 heavy (non-hydrogen) atoms. The van der Waals surface area contributed by atoms with Crippen molar-refractivity contribution < 1.29 is 8.81 Å². The van der Waals surface area contributed by atoms with Crippen LogP contribution in [-0.2, 0) is 13.1 Å². The fourth-order valence-electron chi connectivity index (χ4n) is 2.33. The van der Waals surface area contributed by atoms with Crippen LogP contribution in [0.15, 0.2) is 39.4 Å². The van der Waals surface area contributed by atoms with Gasteiger partial charge in [0, 0.05) is 12.6 Å². The van der Waals surface area contributed by atoms with E-state index in [-0.39, 0.29) is 5.82 Å². The van der Waals surface area contributed by atoms with E-state index < -0.39 is 0 Å². The minimum Gasteiger partial charge on any atom is -0.467 e. The lowest BCUT2D eigenvalue weighted by molar-refractivity contribution is 0.498. The zero-order valence-corrected chi connectivity index (χ0v) is 12.6. The molecule has 0 atom stereocenters. The Morgan fingerprint density at radius 2 is 2.15 bits per heavy atom. The summed E-state index contributed by atoms with van der Waals surface area (Å²) in [6.45, 7) is 0.905. The van der Waals surface area contributed by atoms with E-state index in [9.17, 15) is 4.39 Å². The molecule has 0 radical (unpaired) electrons. The molecular formula is C15H16BrFN2O. The number of hydrogen-bond acceptors (Lipinski definition) is 3. The molecule has 1 saturated carbocycles. The van der Waals surface area contributed by atoms with Crippen molar-refractivity contribution in [2.45, 2.75) is 32.0 Å². The molecule has 0 unspecified atom stereocenters. The molecule has 1 fully saturated rings. The normalized spacial score (nSPS) is 14.6. The first kappa shape index (κ1) is 13.6. The van der Waals surface area contributed by atoms with Crippen LogP contribution < -0.4 is 10.6 Å². The Bertz CT molecular complexity index is 596. The fourth-order valence-corrected chi connectivity index (χ4v) is 2.82. The third-order valence-corrected chi connectivity index (χ3v) is 4.42. The second-order valence-corrected chi connectivity index (χ2v) is 5.81. The molecule has 0 amide bonds. The van der Waals surface area contributed by atoms with Gasteiger partial charge in [0.05, 0.1) is 23.0 Å². The second-order valence-electron chi connectivity index (χ2n) is 5.01. The van der Waals surface area contributed by atoms with Crippen LogP contribution in [0.3, 0.4) is 0 Å². The van der Waals surface area contributed by atoms with Crippen molar-refractivity contribution in [1.29, 1.82) is 0 Å². The van der Waals surface area contributed by atoms with Crippen LogP contribution in [-0.4, -0.2) is 6.04 Å². The number of halogens is 2. The molecule has 0 saturated heterocycles. The zero-order chi connectivity index (χ0) is 14.1. The Kier molecular flexibility index (Phi) is 3.81. The molecule has 3 rings (SSSR count). The first-order valence-corrected chi connectivity index (χ1v) is 7.46. The van der Waals surface area contributed by atoms with E-state index in [1.165, 1.54) is 0 Å². The second kappa shape index (κ2) is 5.58. The molecular weight excluding hydrogens is 323 g/mol. The third-order valence-electron chi connectivity index (χ3n) is 3.57. The molecule has 2 N–H and O–H groups in total. The van der Waals surface area contributed by atoms with Gasteiger partial charge in [-0.3, -0.25) is 0 Å². The van der Waals surface area contributed by atoms with Crippen molar-refractivity contribution in [1.82, 2.24) is 0 Å². The zero-order valence-electron chi connectivity index (χ0n) is 11.0. The highest BCUT2D eigenvalue weighted by Crippen LogP contribution is 2.37. The lowest BCUT2D eigenvalue weighted by Crippen LogP contribution is -2.26. The number of hydrogen-bond donors (Lipinski definition) is 1. The number of furan rings is 1. The molecule has 1 aromatic heterocycles. The first-order valence-electron chi connectivity index (χ1n) is 6.66. The van der Waals surface area contributed by atoms with E-state index in [4.69, 9.17) is 10.2 Å². The summed E-state index contributed by atoms with van der Waals surface area (Å²) < 4.78 is 20.4. The van der Waals surface area contributed by atoms with Gasteiger partial charge in [0.2, 0.25) is 0 Å². The summed E-state index contributed by atoms with van der Waals surface area (Å²) in [5.41, 5.74) is 6.98. The number of nitrogens with two attached hydrogens (primary N) is 1. The van der Waals surface area contributed by atoms with Gasteiger partial charge in [-0.2, -0.15) is 0 Å². The molecule has 106 valence electrons. The first-order chi connectivity index (χ1) is 9.70. The minimum atomic E-state index is -0.244. The van der Waals surface area contributed by atoms with Gasteiger partial charge in [-0.25, -0.2) is 4.39 Å². The van der Waals surface area contributed by atoms with Gasteiger partial charge in [-0.15, -0.1) is 0 Å². The number of anilines is 1. The predicted octanol–water partition coefficient (Wildman–Crippen LogP) is 3.81.